The molecule has 0 spiro atoms. The molecule has 0 saturated heterocycles. The van der Waals surface area contributed by atoms with Gasteiger partial charge in [-0.25, -0.2) is 4.98 Å². The Labute approximate surface area is 121 Å². The SMILES string of the molecule is Cc1csc(CC(CO)(CO)c2ccccc2Cl)n1. The number of aryl methyl sites for hydroxylation is 1. The number of aromatic nitrogens is 1. The summed E-state index contributed by atoms with van der Waals surface area (Å²) in [4.78, 5) is 4.40. The van der Waals surface area contributed by atoms with Crippen molar-refractivity contribution >= 4 is 22.9 Å². The third kappa shape index (κ3) is 2.98. The van der Waals surface area contributed by atoms with Crippen molar-refractivity contribution in [3.05, 3.63) is 50.9 Å². The molecule has 5 heteroatoms. The van der Waals surface area contributed by atoms with E-state index in [0.29, 0.717) is 11.4 Å². The molecule has 0 atom stereocenters. The van der Waals surface area contributed by atoms with Gasteiger partial charge in [0.1, 0.15) is 0 Å². The Morgan fingerprint density at radius 3 is 2.47 bits per heavy atom. The highest BCUT2D eigenvalue weighted by molar-refractivity contribution is 7.09. The summed E-state index contributed by atoms with van der Waals surface area (Å²) in [5.74, 6) is 0. The van der Waals surface area contributed by atoms with E-state index in [1.54, 1.807) is 6.07 Å². The average Bonchev–Trinajstić information content (AvgIpc) is 2.82. The van der Waals surface area contributed by atoms with Gasteiger partial charge in [0.2, 0.25) is 0 Å². The molecule has 0 unspecified atom stereocenters. The van der Waals surface area contributed by atoms with Crippen molar-refractivity contribution in [1.29, 1.82) is 0 Å². The van der Waals surface area contributed by atoms with Crippen molar-refractivity contribution < 1.29 is 10.2 Å². The van der Waals surface area contributed by atoms with Gasteiger partial charge < -0.3 is 10.2 Å². The van der Waals surface area contributed by atoms with E-state index in [0.717, 1.165) is 16.3 Å². The van der Waals surface area contributed by atoms with Crippen molar-refractivity contribution in [3.8, 4) is 0 Å². The van der Waals surface area contributed by atoms with Crippen molar-refractivity contribution in [3.63, 3.8) is 0 Å². The zero-order chi connectivity index (χ0) is 13.9. The van der Waals surface area contributed by atoms with E-state index in [1.165, 1.54) is 11.3 Å². The molecule has 2 aromatic rings. The minimum Gasteiger partial charge on any atom is -0.395 e. The molecule has 0 aliphatic rings. The van der Waals surface area contributed by atoms with Crippen LogP contribution >= 0.6 is 22.9 Å². The Balaban J connectivity index is 2.40. The second-order valence-corrected chi connectivity index (χ2v) is 5.99. The maximum absolute atomic E-state index is 9.78. The first kappa shape index (κ1) is 14.5. The van der Waals surface area contributed by atoms with Gasteiger partial charge in [-0.05, 0) is 18.6 Å². The number of rotatable bonds is 5. The number of thiazole rings is 1. The van der Waals surface area contributed by atoms with Gasteiger partial charge in [0.05, 0.1) is 18.2 Å². The van der Waals surface area contributed by atoms with E-state index in [2.05, 4.69) is 4.98 Å². The van der Waals surface area contributed by atoms with E-state index in [1.807, 2.05) is 30.5 Å². The largest absolute Gasteiger partial charge is 0.395 e. The van der Waals surface area contributed by atoms with E-state index in [-0.39, 0.29) is 13.2 Å². The molecule has 0 aliphatic carbocycles. The van der Waals surface area contributed by atoms with Crippen LogP contribution in [0.1, 0.15) is 16.3 Å². The predicted molar refractivity (Wildman–Crippen MR) is 77.9 cm³/mol. The van der Waals surface area contributed by atoms with Crippen LogP contribution in [0.3, 0.4) is 0 Å². The standard InChI is InChI=1S/C14H16ClNO2S/c1-10-7-19-13(16-10)6-14(8-17,9-18)11-4-2-3-5-12(11)15/h2-5,7,17-18H,6,8-9H2,1H3. The molecule has 0 saturated carbocycles. The number of hydrogen-bond acceptors (Lipinski definition) is 4. The maximum atomic E-state index is 9.78. The summed E-state index contributed by atoms with van der Waals surface area (Å²) in [6.45, 7) is 1.58. The van der Waals surface area contributed by atoms with Crippen LogP contribution in [-0.2, 0) is 11.8 Å². The van der Waals surface area contributed by atoms with Gasteiger partial charge in [0.25, 0.3) is 0 Å². The third-order valence-electron chi connectivity index (χ3n) is 3.21. The maximum Gasteiger partial charge on any atom is 0.0938 e. The Morgan fingerprint density at radius 2 is 1.95 bits per heavy atom. The van der Waals surface area contributed by atoms with Crippen molar-refractivity contribution in [2.75, 3.05) is 13.2 Å². The summed E-state index contributed by atoms with van der Waals surface area (Å²) in [6, 6.07) is 7.30. The summed E-state index contributed by atoms with van der Waals surface area (Å²) in [7, 11) is 0. The summed E-state index contributed by atoms with van der Waals surface area (Å²) in [5.41, 5.74) is 0.918. The molecule has 1 heterocycles. The van der Waals surface area contributed by atoms with Crippen LogP contribution in [0.4, 0.5) is 0 Å². The minimum atomic E-state index is -0.789. The number of aliphatic hydroxyl groups is 2. The van der Waals surface area contributed by atoms with Gasteiger partial charge >= 0.3 is 0 Å². The number of nitrogens with zero attached hydrogens (tertiary/aromatic N) is 1. The fraction of sp³-hybridized carbons (Fsp3) is 0.357. The number of aliphatic hydroxyl groups excluding tert-OH is 2. The van der Waals surface area contributed by atoms with Gasteiger partial charge in [-0.3, -0.25) is 0 Å². The normalized spacial score (nSPS) is 11.8. The average molecular weight is 298 g/mol. The summed E-state index contributed by atoms with van der Waals surface area (Å²) in [5, 5.41) is 23.0. The fourth-order valence-corrected chi connectivity index (χ4v) is 3.34. The number of hydrogen-bond donors (Lipinski definition) is 2. The van der Waals surface area contributed by atoms with Crippen LogP contribution in [-0.4, -0.2) is 28.4 Å². The quantitative estimate of drug-likeness (QED) is 0.892. The number of benzene rings is 1. The predicted octanol–water partition coefficient (Wildman–Crippen LogP) is 2.57. The van der Waals surface area contributed by atoms with Crippen molar-refractivity contribution in [2.45, 2.75) is 18.8 Å². The van der Waals surface area contributed by atoms with E-state index in [9.17, 15) is 10.2 Å². The molecule has 102 valence electrons. The third-order valence-corrected chi connectivity index (χ3v) is 4.50. The molecule has 2 rings (SSSR count). The van der Waals surface area contributed by atoms with Gasteiger partial charge in [-0.1, -0.05) is 29.8 Å². The molecule has 0 amide bonds. The first-order chi connectivity index (χ1) is 9.11. The summed E-state index contributed by atoms with van der Waals surface area (Å²) < 4.78 is 0. The highest BCUT2D eigenvalue weighted by atomic mass is 35.5. The molecule has 0 aliphatic heterocycles. The first-order valence-corrected chi connectivity index (χ1v) is 7.25. The fourth-order valence-electron chi connectivity index (χ4n) is 2.09. The van der Waals surface area contributed by atoms with Crippen LogP contribution in [0.5, 0.6) is 0 Å². The molecular formula is C14H16ClNO2S. The van der Waals surface area contributed by atoms with E-state index >= 15 is 0 Å². The molecule has 19 heavy (non-hydrogen) atoms. The lowest BCUT2D eigenvalue weighted by molar-refractivity contribution is 0.116. The highest BCUT2D eigenvalue weighted by Crippen LogP contribution is 2.33. The first-order valence-electron chi connectivity index (χ1n) is 5.99. The molecule has 3 nitrogen and oxygen atoms in total. The van der Waals surface area contributed by atoms with Crippen LogP contribution in [0.25, 0.3) is 0 Å². The molecule has 2 N–H and O–H groups in total. The van der Waals surface area contributed by atoms with Crippen LogP contribution in [0.15, 0.2) is 29.6 Å². The van der Waals surface area contributed by atoms with Crippen molar-refractivity contribution in [1.82, 2.24) is 4.98 Å². The van der Waals surface area contributed by atoms with Gasteiger partial charge in [-0.15, -0.1) is 11.3 Å². The lowest BCUT2D eigenvalue weighted by Gasteiger charge is -2.30. The second kappa shape index (κ2) is 6.01. The van der Waals surface area contributed by atoms with Crippen LogP contribution < -0.4 is 0 Å². The van der Waals surface area contributed by atoms with Crippen LogP contribution in [0.2, 0.25) is 5.02 Å². The van der Waals surface area contributed by atoms with Crippen LogP contribution in [0, 0.1) is 6.92 Å². The smallest absolute Gasteiger partial charge is 0.0938 e. The molecule has 0 fully saturated rings. The Morgan fingerprint density at radius 1 is 1.26 bits per heavy atom. The molecule has 1 aromatic carbocycles. The van der Waals surface area contributed by atoms with Gasteiger partial charge in [0.15, 0.2) is 0 Å². The highest BCUT2D eigenvalue weighted by Gasteiger charge is 2.34. The Bertz CT molecular complexity index is 552. The van der Waals surface area contributed by atoms with Gasteiger partial charge in [-0.2, -0.15) is 0 Å². The minimum absolute atomic E-state index is 0.175. The summed E-state index contributed by atoms with van der Waals surface area (Å²) >= 11 is 7.73. The Kier molecular flexibility index (Phi) is 4.58. The molecule has 0 radical (unpaired) electrons. The monoisotopic (exact) mass is 297 g/mol. The molecule has 0 bridgehead atoms. The topological polar surface area (TPSA) is 53.4 Å². The van der Waals surface area contributed by atoms with Gasteiger partial charge in [0, 0.05) is 27.9 Å². The van der Waals surface area contributed by atoms with Crippen molar-refractivity contribution in [2.24, 2.45) is 0 Å². The molecular weight excluding hydrogens is 282 g/mol. The zero-order valence-corrected chi connectivity index (χ0v) is 12.2. The summed E-state index contributed by atoms with van der Waals surface area (Å²) in [6.07, 6.45) is 0.474. The van der Waals surface area contributed by atoms with E-state index < -0.39 is 5.41 Å². The lowest BCUT2D eigenvalue weighted by Crippen LogP contribution is -2.37. The zero-order valence-electron chi connectivity index (χ0n) is 10.6. The number of halogens is 1. The second-order valence-electron chi connectivity index (χ2n) is 4.64. The van der Waals surface area contributed by atoms with E-state index in [4.69, 9.17) is 11.6 Å². The molecule has 1 aromatic heterocycles. The lowest BCUT2D eigenvalue weighted by atomic mass is 9.79. The Hall–Kier alpha value is -0.940.